The molecule has 0 spiro atoms. The molecule has 0 aliphatic heterocycles. The number of methoxy groups -OCH3 is 2. The molecule has 1 aromatic heterocycles. The Morgan fingerprint density at radius 3 is 2.55 bits per heavy atom. The molecule has 0 atom stereocenters. The lowest BCUT2D eigenvalue weighted by molar-refractivity contribution is 0.0690. The van der Waals surface area contributed by atoms with Crippen molar-refractivity contribution >= 4 is 21.9 Å². The van der Waals surface area contributed by atoms with E-state index in [4.69, 9.17) is 14.6 Å². The summed E-state index contributed by atoms with van der Waals surface area (Å²) in [5.41, 5.74) is 2.06. The first kappa shape index (κ1) is 14.4. The number of ether oxygens (including phenoxy) is 2. The van der Waals surface area contributed by atoms with Gasteiger partial charge >= 0.3 is 5.97 Å². The van der Waals surface area contributed by atoms with Crippen LogP contribution in [-0.2, 0) is 0 Å². The van der Waals surface area contributed by atoms with Crippen molar-refractivity contribution in [3.8, 4) is 22.8 Å². The fraction of sp³-hybridized carbons (Fsp3) is 0.231. The monoisotopic (exact) mass is 340 g/mol. The Balaban J connectivity index is 2.70. The maximum atomic E-state index is 10.9. The summed E-state index contributed by atoms with van der Waals surface area (Å²) in [5.74, 6) is -0.0150. The summed E-state index contributed by atoms with van der Waals surface area (Å²) in [7, 11) is 3.07. The van der Waals surface area contributed by atoms with E-state index < -0.39 is 5.97 Å². The van der Waals surface area contributed by atoms with Crippen LogP contribution in [0.2, 0.25) is 0 Å². The van der Waals surface area contributed by atoms with Gasteiger partial charge < -0.3 is 14.6 Å². The number of nitrogens with zero attached hydrogens (tertiary/aromatic N) is 1. The Bertz CT molecular complexity index is 667. The van der Waals surface area contributed by atoms with Gasteiger partial charge in [0.25, 0.3) is 0 Å². The minimum atomic E-state index is -1.07. The third kappa shape index (κ3) is 2.36. The topological polar surface area (TPSA) is 84.4 Å². The number of aromatic amines is 1. The van der Waals surface area contributed by atoms with Crippen LogP contribution in [0.15, 0.2) is 16.6 Å². The molecule has 106 valence electrons. The molecule has 20 heavy (non-hydrogen) atoms. The van der Waals surface area contributed by atoms with Gasteiger partial charge in [0.2, 0.25) is 0 Å². The Morgan fingerprint density at radius 1 is 1.35 bits per heavy atom. The first-order valence-corrected chi connectivity index (χ1v) is 6.49. The van der Waals surface area contributed by atoms with Crippen LogP contribution in [0.4, 0.5) is 0 Å². The van der Waals surface area contributed by atoms with E-state index in [1.165, 1.54) is 20.3 Å². The molecule has 0 fully saturated rings. The number of rotatable bonds is 4. The number of aromatic nitrogens is 2. The predicted molar refractivity (Wildman–Crippen MR) is 76.5 cm³/mol. The SMILES string of the molecule is COc1cc(Br)c(C)c(-c2cc(C(=O)O)[nH]n2)c1OC. The highest BCUT2D eigenvalue weighted by molar-refractivity contribution is 9.10. The molecule has 2 aromatic rings. The normalized spacial score (nSPS) is 10.4. The smallest absolute Gasteiger partial charge is 0.353 e. The van der Waals surface area contributed by atoms with E-state index in [9.17, 15) is 4.79 Å². The van der Waals surface area contributed by atoms with Crippen LogP contribution < -0.4 is 9.47 Å². The molecule has 0 saturated heterocycles. The van der Waals surface area contributed by atoms with Gasteiger partial charge in [0.05, 0.1) is 25.5 Å². The van der Waals surface area contributed by atoms with Crippen LogP contribution in [0.3, 0.4) is 0 Å². The standard InChI is InChI=1S/C13H13BrN2O4/c1-6-7(14)4-10(19-2)12(20-3)11(6)8-5-9(13(17)18)16-15-8/h4-5H,1-3H3,(H,15,16)(H,17,18). The number of carboxylic acid groups (broad SMARTS) is 1. The third-order valence-corrected chi connectivity index (χ3v) is 3.75. The fourth-order valence-electron chi connectivity index (χ4n) is 1.92. The van der Waals surface area contributed by atoms with Gasteiger partial charge in [-0.15, -0.1) is 0 Å². The largest absolute Gasteiger partial charge is 0.493 e. The predicted octanol–water partition coefficient (Wildman–Crippen LogP) is 2.86. The number of benzene rings is 1. The summed E-state index contributed by atoms with van der Waals surface area (Å²) in [4.78, 5) is 10.9. The van der Waals surface area contributed by atoms with Gasteiger partial charge in [-0.1, -0.05) is 15.9 Å². The number of carbonyl (C=O) groups is 1. The van der Waals surface area contributed by atoms with Crippen LogP contribution in [0.25, 0.3) is 11.3 Å². The van der Waals surface area contributed by atoms with E-state index in [-0.39, 0.29) is 5.69 Å². The van der Waals surface area contributed by atoms with Crippen molar-refractivity contribution in [1.29, 1.82) is 0 Å². The molecule has 1 heterocycles. The minimum absolute atomic E-state index is 0.0143. The van der Waals surface area contributed by atoms with Crippen LogP contribution in [0.1, 0.15) is 16.1 Å². The first-order chi connectivity index (χ1) is 9.49. The molecule has 0 saturated carbocycles. The Labute approximate surface area is 123 Å². The zero-order valence-electron chi connectivity index (χ0n) is 11.2. The summed E-state index contributed by atoms with van der Waals surface area (Å²) >= 11 is 3.44. The van der Waals surface area contributed by atoms with E-state index in [2.05, 4.69) is 26.1 Å². The second-order valence-electron chi connectivity index (χ2n) is 4.07. The molecule has 0 amide bonds. The van der Waals surface area contributed by atoms with Crippen LogP contribution in [0.5, 0.6) is 11.5 Å². The first-order valence-electron chi connectivity index (χ1n) is 5.69. The lowest BCUT2D eigenvalue weighted by atomic mass is 10.0. The van der Waals surface area contributed by atoms with E-state index in [1.807, 2.05) is 6.92 Å². The van der Waals surface area contributed by atoms with E-state index in [0.717, 1.165) is 10.0 Å². The van der Waals surface area contributed by atoms with E-state index in [0.29, 0.717) is 22.8 Å². The molecule has 7 heteroatoms. The number of aromatic carboxylic acids is 1. The average Bonchev–Trinajstić information content (AvgIpc) is 2.90. The molecule has 0 bridgehead atoms. The van der Waals surface area contributed by atoms with Gasteiger partial charge in [-0.2, -0.15) is 5.10 Å². The van der Waals surface area contributed by atoms with E-state index >= 15 is 0 Å². The lowest BCUT2D eigenvalue weighted by Gasteiger charge is -2.15. The molecule has 2 N–H and O–H groups in total. The summed E-state index contributed by atoms with van der Waals surface area (Å²) in [6.45, 7) is 1.89. The van der Waals surface area contributed by atoms with Gasteiger partial charge in [0, 0.05) is 4.47 Å². The Morgan fingerprint density at radius 2 is 2.05 bits per heavy atom. The number of halogens is 1. The minimum Gasteiger partial charge on any atom is -0.493 e. The maximum absolute atomic E-state index is 10.9. The van der Waals surface area contributed by atoms with Gasteiger partial charge in [0.1, 0.15) is 5.69 Å². The van der Waals surface area contributed by atoms with Crippen molar-refractivity contribution in [2.24, 2.45) is 0 Å². The van der Waals surface area contributed by atoms with Crippen molar-refractivity contribution in [3.05, 3.63) is 27.9 Å². The van der Waals surface area contributed by atoms with Gasteiger partial charge in [-0.25, -0.2) is 4.79 Å². The van der Waals surface area contributed by atoms with Gasteiger partial charge in [0.15, 0.2) is 11.5 Å². The average molecular weight is 341 g/mol. The summed E-state index contributed by atoms with van der Waals surface area (Å²) in [5, 5.41) is 15.5. The molecule has 2 rings (SSSR count). The number of hydrogen-bond acceptors (Lipinski definition) is 4. The van der Waals surface area contributed by atoms with E-state index in [1.54, 1.807) is 6.07 Å². The molecule has 1 aromatic carbocycles. The fourth-order valence-corrected chi connectivity index (χ4v) is 2.33. The highest BCUT2D eigenvalue weighted by Crippen LogP contribution is 2.43. The quantitative estimate of drug-likeness (QED) is 0.893. The van der Waals surface area contributed by atoms with Crippen molar-refractivity contribution < 1.29 is 19.4 Å². The lowest BCUT2D eigenvalue weighted by Crippen LogP contribution is -1.97. The maximum Gasteiger partial charge on any atom is 0.353 e. The number of H-pyrrole nitrogens is 1. The highest BCUT2D eigenvalue weighted by atomic mass is 79.9. The molecule has 0 radical (unpaired) electrons. The molecule has 0 aliphatic carbocycles. The Kier molecular flexibility index (Phi) is 3.99. The van der Waals surface area contributed by atoms with Crippen LogP contribution >= 0.6 is 15.9 Å². The molecule has 6 nitrogen and oxygen atoms in total. The van der Waals surface area contributed by atoms with Crippen molar-refractivity contribution in [2.75, 3.05) is 14.2 Å². The summed E-state index contributed by atoms with van der Waals surface area (Å²) < 4.78 is 11.5. The van der Waals surface area contributed by atoms with Crippen molar-refractivity contribution in [3.63, 3.8) is 0 Å². The molecular formula is C13H13BrN2O4. The zero-order chi connectivity index (χ0) is 14.9. The summed E-state index contributed by atoms with van der Waals surface area (Å²) in [6.07, 6.45) is 0. The number of nitrogens with one attached hydrogen (secondary N) is 1. The third-order valence-electron chi connectivity index (χ3n) is 2.93. The summed E-state index contributed by atoms with van der Waals surface area (Å²) in [6, 6.07) is 3.25. The van der Waals surface area contributed by atoms with Crippen molar-refractivity contribution in [2.45, 2.75) is 6.92 Å². The highest BCUT2D eigenvalue weighted by Gasteiger charge is 2.20. The zero-order valence-corrected chi connectivity index (χ0v) is 12.7. The molecule has 0 unspecified atom stereocenters. The second-order valence-corrected chi connectivity index (χ2v) is 4.92. The number of hydrogen-bond donors (Lipinski definition) is 2. The second kappa shape index (κ2) is 5.54. The van der Waals surface area contributed by atoms with Crippen LogP contribution in [-0.4, -0.2) is 35.5 Å². The van der Waals surface area contributed by atoms with Crippen LogP contribution in [0, 0.1) is 6.92 Å². The molecule has 0 aliphatic rings. The molecular weight excluding hydrogens is 328 g/mol. The van der Waals surface area contributed by atoms with Gasteiger partial charge in [-0.3, -0.25) is 5.10 Å². The number of carboxylic acids is 1. The van der Waals surface area contributed by atoms with Crippen molar-refractivity contribution in [1.82, 2.24) is 10.2 Å². The Hall–Kier alpha value is -2.02. The van der Waals surface area contributed by atoms with Gasteiger partial charge in [-0.05, 0) is 24.6 Å².